The summed E-state index contributed by atoms with van der Waals surface area (Å²) < 4.78 is 5.09. The highest BCUT2D eigenvalue weighted by Gasteiger charge is 2.29. The first-order chi connectivity index (χ1) is 7.74. The molecule has 0 aliphatic carbocycles. The maximum Gasteiger partial charge on any atom is 0.227 e. The summed E-state index contributed by atoms with van der Waals surface area (Å²) in [5.74, 6) is 2.13. The van der Waals surface area contributed by atoms with Gasteiger partial charge < -0.3 is 9.64 Å². The van der Waals surface area contributed by atoms with Gasteiger partial charge in [-0.1, -0.05) is 0 Å². The number of anilines is 1. The van der Waals surface area contributed by atoms with Gasteiger partial charge in [0.25, 0.3) is 0 Å². The molecule has 0 bridgehead atoms. The highest BCUT2D eigenvalue weighted by molar-refractivity contribution is 7.80. The van der Waals surface area contributed by atoms with Crippen molar-refractivity contribution in [3.63, 3.8) is 0 Å². The number of rotatable bonds is 3. The summed E-state index contributed by atoms with van der Waals surface area (Å²) in [6.07, 6.45) is 0.607. The van der Waals surface area contributed by atoms with Gasteiger partial charge in [-0.05, 0) is 35.9 Å². The van der Waals surface area contributed by atoms with E-state index < -0.39 is 0 Å². The number of carbonyl (C=O) groups excluding carboxylic acids is 1. The van der Waals surface area contributed by atoms with Crippen LogP contribution in [-0.4, -0.2) is 25.3 Å². The molecule has 1 unspecified atom stereocenters. The largest absolute Gasteiger partial charge is 0.497 e. The molecule has 0 spiro atoms. The lowest BCUT2D eigenvalue weighted by atomic mass is 10.1. The van der Waals surface area contributed by atoms with Gasteiger partial charge in [0, 0.05) is 18.7 Å². The molecular formula is C12H15NO2S. The molecule has 16 heavy (non-hydrogen) atoms. The third-order valence-corrected chi connectivity index (χ3v) is 3.36. The fourth-order valence-electron chi connectivity index (χ4n) is 1.92. The van der Waals surface area contributed by atoms with Gasteiger partial charge in [-0.15, -0.1) is 0 Å². The summed E-state index contributed by atoms with van der Waals surface area (Å²) in [6, 6.07) is 7.57. The molecule has 1 aromatic carbocycles. The average molecular weight is 237 g/mol. The zero-order valence-electron chi connectivity index (χ0n) is 9.22. The molecule has 1 aliphatic rings. The number of benzene rings is 1. The van der Waals surface area contributed by atoms with Crippen LogP contribution >= 0.6 is 12.6 Å². The Hall–Kier alpha value is -1.16. The zero-order valence-corrected chi connectivity index (χ0v) is 10.1. The molecule has 0 saturated carbocycles. The van der Waals surface area contributed by atoms with Crippen LogP contribution < -0.4 is 9.64 Å². The van der Waals surface area contributed by atoms with E-state index in [4.69, 9.17) is 4.74 Å². The molecule has 1 fully saturated rings. The molecule has 1 atom stereocenters. The van der Waals surface area contributed by atoms with E-state index in [1.54, 1.807) is 7.11 Å². The summed E-state index contributed by atoms with van der Waals surface area (Å²) in [6.45, 7) is 0.772. The highest BCUT2D eigenvalue weighted by atomic mass is 32.1. The first kappa shape index (κ1) is 11.3. The number of ether oxygens (including phenoxy) is 1. The van der Waals surface area contributed by atoms with Crippen molar-refractivity contribution >= 4 is 24.2 Å². The Kier molecular flexibility index (Phi) is 3.39. The monoisotopic (exact) mass is 237 g/mol. The number of amides is 1. The molecule has 3 nitrogen and oxygen atoms in total. The van der Waals surface area contributed by atoms with E-state index in [1.165, 1.54) is 0 Å². The second kappa shape index (κ2) is 4.78. The molecule has 1 heterocycles. The Morgan fingerprint density at radius 3 is 2.62 bits per heavy atom. The number of hydrogen-bond donors (Lipinski definition) is 1. The van der Waals surface area contributed by atoms with Gasteiger partial charge in [-0.25, -0.2) is 0 Å². The predicted molar refractivity (Wildman–Crippen MR) is 67.3 cm³/mol. The molecule has 2 rings (SSSR count). The molecule has 1 aliphatic heterocycles. The van der Waals surface area contributed by atoms with Crippen molar-refractivity contribution in [3.05, 3.63) is 24.3 Å². The number of hydrogen-bond acceptors (Lipinski definition) is 3. The van der Waals surface area contributed by atoms with Gasteiger partial charge >= 0.3 is 0 Å². The van der Waals surface area contributed by atoms with Crippen molar-refractivity contribution in [2.75, 3.05) is 24.3 Å². The standard InChI is InChI=1S/C12H15NO2S/c1-15-11-4-2-10(3-5-11)13-7-9(8-16)6-12(13)14/h2-5,9,16H,6-8H2,1H3. The van der Waals surface area contributed by atoms with Gasteiger partial charge in [0.05, 0.1) is 7.11 Å². The zero-order chi connectivity index (χ0) is 11.5. The summed E-state index contributed by atoms with van der Waals surface area (Å²) in [4.78, 5) is 13.6. The van der Waals surface area contributed by atoms with Crippen LogP contribution in [0.15, 0.2) is 24.3 Å². The second-order valence-electron chi connectivity index (χ2n) is 3.96. The topological polar surface area (TPSA) is 29.5 Å². The van der Waals surface area contributed by atoms with Crippen molar-refractivity contribution in [2.24, 2.45) is 5.92 Å². The molecular weight excluding hydrogens is 222 g/mol. The molecule has 1 saturated heterocycles. The van der Waals surface area contributed by atoms with Gasteiger partial charge in [0.2, 0.25) is 5.91 Å². The molecule has 86 valence electrons. The Balaban J connectivity index is 2.15. The van der Waals surface area contributed by atoms with Gasteiger partial charge in [-0.3, -0.25) is 4.79 Å². The van der Waals surface area contributed by atoms with Crippen molar-refractivity contribution in [1.29, 1.82) is 0 Å². The Labute approximate surface area is 101 Å². The smallest absolute Gasteiger partial charge is 0.227 e. The number of methoxy groups -OCH3 is 1. The van der Waals surface area contributed by atoms with E-state index >= 15 is 0 Å². The predicted octanol–water partition coefficient (Wildman–Crippen LogP) is 1.98. The van der Waals surface area contributed by atoms with Gasteiger partial charge in [0.1, 0.15) is 5.75 Å². The van der Waals surface area contributed by atoms with Crippen LogP contribution in [0, 0.1) is 5.92 Å². The van der Waals surface area contributed by atoms with Crippen LogP contribution in [0.5, 0.6) is 5.75 Å². The highest BCUT2D eigenvalue weighted by Crippen LogP contribution is 2.27. The van der Waals surface area contributed by atoms with Gasteiger partial charge in [-0.2, -0.15) is 12.6 Å². The maximum absolute atomic E-state index is 11.8. The van der Waals surface area contributed by atoms with E-state index in [0.717, 1.165) is 23.7 Å². The van der Waals surface area contributed by atoms with Crippen molar-refractivity contribution in [1.82, 2.24) is 0 Å². The van der Waals surface area contributed by atoms with E-state index in [9.17, 15) is 4.79 Å². The van der Waals surface area contributed by atoms with Crippen LogP contribution in [-0.2, 0) is 4.79 Å². The van der Waals surface area contributed by atoms with E-state index in [1.807, 2.05) is 29.2 Å². The first-order valence-electron chi connectivity index (χ1n) is 5.30. The SMILES string of the molecule is COc1ccc(N2CC(CS)CC2=O)cc1. The second-order valence-corrected chi connectivity index (χ2v) is 4.32. The van der Waals surface area contributed by atoms with Crippen molar-refractivity contribution < 1.29 is 9.53 Å². The average Bonchev–Trinajstić information content (AvgIpc) is 2.71. The lowest BCUT2D eigenvalue weighted by Gasteiger charge is -2.16. The summed E-state index contributed by atoms with van der Waals surface area (Å²) >= 11 is 4.24. The van der Waals surface area contributed by atoms with Crippen LogP contribution in [0.1, 0.15) is 6.42 Å². The molecule has 4 heteroatoms. The fourth-order valence-corrected chi connectivity index (χ4v) is 2.16. The maximum atomic E-state index is 11.8. The lowest BCUT2D eigenvalue weighted by Crippen LogP contribution is -2.24. The molecule has 1 aromatic rings. The van der Waals surface area contributed by atoms with Gasteiger partial charge in [0.15, 0.2) is 0 Å². The third-order valence-electron chi connectivity index (χ3n) is 2.85. The Morgan fingerprint density at radius 2 is 2.12 bits per heavy atom. The lowest BCUT2D eigenvalue weighted by molar-refractivity contribution is -0.117. The summed E-state index contributed by atoms with van der Waals surface area (Å²) in [5, 5.41) is 0. The molecule has 0 aromatic heterocycles. The normalized spacial score (nSPS) is 20.2. The number of nitrogens with zero attached hydrogens (tertiary/aromatic N) is 1. The summed E-state index contributed by atoms with van der Waals surface area (Å²) in [5.41, 5.74) is 0.940. The minimum Gasteiger partial charge on any atom is -0.497 e. The minimum atomic E-state index is 0.184. The van der Waals surface area contributed by atoms with Crippen LogP contribution in [0.25, 0.3) is 0 Å². The minimum absolute atomic E-state index is 0.184. The fraction of sp³-hybridized carbons (Fsp3) is 0.417. The molecule has 0 N–H and O–H groups in total. The van der Waals surface area contributed by atoms with E-state index in [0.29, 0.717) is 12.3 Å². The quantitative estimate of drug-likeness (QED) is 0.815. The van der Waals surface area contributed by atoms with Crippen LogP contribution in [0.4, 0.5) is 5.69 Å². The van der Waals surface area contributed by atoms with Crippen molar-refractivity contribution in [2.45, 2.75) is 6.42 Å². The van der Waals surface area contributed by atoms with Crippen LogP contribution in [0.2, 0.25) is 0 Å². The molecule has 0 radical (unpaired) electrons. The molecule has 1 amide bonds. The third kappa shape index (κ3) is 2.16. The number of thiol groups is 1. The van der Waals surface area contributed by atoms with E-state index in [2.05, 4.69) is 12.6 Å². The Morgan fingerprint density at radius 1 is 1.44 bits per heavy atom. The first-order valence-corrected chi connectivity index (χ1v) is 5.93. The summed E-state index contributed by atoms with van der Waals surface area (Å²) in [7, 11) is 1.63. The van der Waals surface area contributed by atoms with E-state index in [-0.39, 0.29) is 5.91 Å². The number of carbonyl (C=O) groups is 1. The van der Waals surface area contributed by atoms with Crippen molar-refractivity contribution in [3.8, 4) is 5.75 Å². The van der Waals surface area contributed by atoms with Crippen LogP contribution in [0.3, 0.4) is 0 Å². The Bertz CT molecular complexity index is 377.